The lowest BCUT2D eigenvalue weighted by Crippen LogP contribution is -2.51. The van der Waals surface area contributed by atoms with Crippen LogP contribution in [0.5, 0.6) is 0 Å². The van der Waals surface area contributed by atoms with E-state index in [9.17, 15) is 22.0 Å². The number of hydrogen-bond acceptors (Lipinski definition) is 3. The summed E-state index contributed by atoms with van der Waals surface area (Å²) in [6.07, 6.45) is 0. The van der Waals surface area contributed by atoms with E-state index in [1.807, 2.05) is 0 Å². The summed E-state index contributed by atoms with van der Waals surface area (Å²) in [7, 11) is 0. The Hall–Kier alpha value is -1.25. The van der Waals surface area contributed by atoms with Crippen molar-refractivity contribution in [2.45, 2.75) is 12.0 Å². The fourth-order valence-corrected chi connectivity index (χ4v) is 2.48. The summed E-state index contributed by atoms with van der Waals surface area (Å²) in [5.41, 5.74) is -0.396. The molecule has 8 heteroatoms. The summed E-state index contributed by atoms with van der Waals surface area (Å²) in [5, 5.41) is 11.9. The summed E-state index contributed by atoms with van der Waals surface area (Å²) in [5.74, 6) is -8.36. The molecule has 2 N–H and O–H groups in total. The maximum absolute atomic E-state index is 14.0. The first-order valence-corrected chi connectivity index (χ1v) is 6.44. The minimum absolute atomic E-state index is 0.223. The van der Waals surface area contributed by atoms with Gasteiger partial charge in [-0.2, -0.15) is 0 Å². The van der Waals surface area contributed by atoms with E-state index in [2.05, 4.69) is 5.32 Å². The lowest BCUT2D eigenvalue weighted by atomic mass is 9.97. The monoisotopic (exact) mass is 310 g/mol. The second-order valence-electron chi connectivity index (χ2n) is 4.91. The molecule has 3 nitrogen and oxygen atoms in total. The van der Waals surface area contributed by atoms with Crippen LogP contribution in [0.2, 0.25) is 0 Å². The summed E-state index contributed by atoms with van der Waals surface area (Å²) < 4.78 is 67.6. The Morgan fingerprint density at radius 1 is 1.14 bits per heavy atom. The average Bonchev–Trinajstić information content (AvgIpc) is 2.46. The first-order valence-electron chi connectivity index (χ1n) is 6.44. The molecule has 1 saturated heterocycles. The zero-order valence-electron chi connectivity index (χ0n) is 11.1. The Morgan fingerprint density at radius 3 is 2.14 bits per heavy atom. The third-order valence-electron chi connectivity index (χ3n) is 3.45. The summed E-state index contributed by atoms with van der Waals surface area (Å²) in [6.45, 7) is -0.154. The molecule has 1 atom stereocenters. The van der Waals surface area contributed by atoms with Crippen molar-refractivity contribution in [1.29, 1.82) is 0 Å². The van der Waals surface area contributed by atoms with Gasteiger partial charge >= 0.3 is 0 Å². The largest absolute Gasteiger partial charge is 0.390 e. The number of benzene rings is 1. The van der Waals surface area contributed by atoms with Gasteiger partial charge in [0.05, 0.1) is 0 Å². The Morgan fingerprint density at radius 2 is 1.67 bits per heavy atom. The summed E-state index contributed by atoms with van der Waals surface area (Å²) >= 11 is 0. The van der Waals surface area contributed by atoms with Gasteiger partial charge in [-0.1, -0.05) is 0 Å². The van der Waals surface area contributed by atoms with E-state index in [0.29, 0.717) is 25.2 Å². The predicted octanol–water partition coefficient (Wildman–Crippen LogP) is 1.68. The molecule has 0 aliphatic carbocycles. The number of nitrogens with zero attached hydrogens (tertiary/aromatic N) is 1. The van der Waals surface area contributed by atoms with E-state index in [-0.39, 0.29) is 13.1 Å². The van der Waals surface area contributed by atoms with E-state index < -0.39 is 41.6 Å². The van der Waals surface area contributed by atoms with E-state index in [1.54, 1.807) is 0 Å². The van der Waals surface area contributed by atoms with Crippen LogP contribution in [-0.2, 0) is 0 Å². The van der Waals surface area contributed by atoms with Crippen LogP contribution < -0.4 is 5.32 Å². The molecule has 0 spiro atoms. The molecule has 0 aromatic heterocycles. The topological polar surface area (TPSA) is 35.5 Å². The highest BCUT2D eigenvalue weighted by Gasteiger charge is 2.44. The Bertz CT molecular complexity index is 482. The van der Waals surface area contributed by atoms with Gasteiger partial charge in [0.2, 0.25) is 0 Å². The number of alkyl halides is 2. The number of piperazine rings is 1. The average molecular weight is 310 g/mol. The van der Waals surface area contributed by atoms with Crippen LogP contribution in [-0.4, -0.2) is 48.7 Å². The van der Waals surface area contributed by atoms with Crippen LogP contribution in [0.1, 0.15) is 11.6 Å². The third-order valence-corrected chi connectivity index (χ3v) is 3.45. The van der Waals surface area contributed by atoms with Crippen LogP contribution in [0.25, 0.3) is 0 Å². The van der Waals surface area contributed by atoms with Crippen molar-refractivity contribution in [2.24, 2.45) is 0 Å². The van der Waals surface area contributed by atoms with Gasteiger partial charge in [0.1, 0.15) is 12.6 Å². The fourth-order valence-electron chi connectivity index (χ4n) is 2.48. The number of rotatable bonds is 4. The highest BCUT2D eigenvalue weighted by atomic mass is 19.3. The van der Waals surface area contributed by atoms with Gasteiger partial charge in [-0.15, -0.1) is 0 Å². The van der Waals surface area contributed by atoms with E-state index in [1.165, 1.54) is 4.90 Å². The maximum Gasteiger partial charge on any atom is 0.289 e. The van der Waals surface area contributed by atoms with Gasteiger partial charge in [-0.05, 0) is 17.7 Å². The van der Waals surface area contributed by atoms with Crippen molar-refractivity contribution < 1.29 is 27.1 Å². The van der Waals surface area contributed by atoms with Crippen molar-refractivity contribution in [3.8, 4) is 0 Å². The number of halogens is 5. The lowest BCUT2D eigenvalue weighted by molar-refractivity contribution is -0.118. The van der Waals surface area contributed by atoms with E-state index in [0.717, 1.165) is 0 Å². The van der Waals surface area contributed by atoms with Crippen molar-refractivity contribution in [3.05, 3.63) is 35.1 Å². The van der Waals surface area contributed by atoms with Crippen LogP contribution in [0, 0.1) is 17.5 Å². The van der Waals surface area contributed by atoms with E-state index in [4.69, 9.17) is 5.11 Å². The van der Waals surface area contributed by atoms with Gasteiger partial charge < -0.3 is 10.4 Å². The Kier molecular flexibility index (Phi) is 4.80. The predicted molar refractivity (Wildman–Crippen MR) is 65.5 cm³/mol. The molecular formula is C13H15F5N2O. The van der Waals surface area contributed by atoms with Crippen molar-refractivity contribution in [3.63, 3.8) is 0 Å². The molecule has 0 bridgehead atoms. The second-order valence-corrected chi connectivity index (χ2v) is 4.91. The Labute approximate surface area is 118 Å². The third kappa shape index (κ3) is 3.33. The highest BCUT2D eigenvalue weighted by Crippen LogP contribution is 2.37. The fraction of sp³-hybridized carbons (Fsp3) is 0.538. The van der Waals surface area contributed by atoms with Crippen LogP contribution in [0.4, 0.5) is 22.0 Å². The number of hydrogen-bond donors (Lipinski definition) is 2. The standard InChI is InChI=1S/C13H15F5N2O/c14-9-5-8(6-10(15)11(9)16)12(13(17,18)7-21)20-3-1-19-2-4-20/h5-6,12,19,21H,1-4,7H2/t12-/m1/s1. The molecule has 0 amide bonds. The van der Waals surface area contributed by atoms with Crippen LogP contribution in [0.3, 0.4) is 0 Å². The second kappa shape index (κ2) is 6.25. The Balaban J connectivity index is 2.44. The van der Waals surface area contributed by atoms with Crippen molar-refractivity contribution in [2.75, 3.05) is 32.8 Å². The molecule has 0 unspecified atom stereocenters. The van der Waals surface area contributed by atoms with Crippen LogP contribution >= 0.6 is 0 Å². The zero-order chi connectivity index (χ0) is 15.6. The molecule has 1 aliphatic heterocycles. The van der Waals surface area contributed by atoms with Gasteiger partial charge in [-0.25, -0.2) is 22.0 Å². The molecular weight excluding hydrogens is 295 g/mol. The number of aliphatic hydroxyl groups excluding tert-OH is 1. The maximum atomic E-state index is 14.0. The first-order chi connectivity index (χ1) is 9.86. The molecule has 21 heavy (non-hydrogen) atoms. The van der Waals surface area contributed by atoms with Gasteiger partial charge in [0.25, 0.3) is 5.92 Å². The first kappa shape index (κ1) is 16.1. The number of aliphatic hydroxyl groups is 1. The molecule has 1 aliphatic rings. The normalized spacial score (nSPS) is 18.8. The SMILES string of the molecule is OCC(F)(F)[C@@H](c1cc(F)c(F)c(F)c1)N1CCNCC1. The van der Waals surface area contributed by atoms with E-state index >= 15 is 0 Å². The molecule has 118 valence electrons. The molecule has 2 rings (SSSR count). The van der Waals surface area contributed by atoms with Gasteiger partial charge in [-0.3, -0.25) is 4.90 Å². The quantitative estimate of drug-likeness (QED) is 0.656. The molecule has 0 saturated carbocycles. The highest BCUT2D eigenvalue weighted by molar-refractivity contribution is 5.25. The smallest absolute Gasteiger partial charge is 0.289 e. The van der Waals surface area contributed by atoms with Crippen LogP contribution in [0.15, 0.2) is 12.1 Å². The zero-order valence-corrected chi connectivity index (χ0v) is 11.1. The molecule has 1 aromatic rings. The van der Waals surface area contributed by atoms with Crippen molar-refractivity contribution >= 4 is 0 Å². The lowest BCUT2D eigenvalue weighted by Gasteiger charge is -2.38. The molecule has 1 heterocycles. The minimum atomic E-state index is -3.60. The summed E-state index contributed by atoms with van der Waals surface area (Å²) in [6, 6.07) is -0.613. The van der Waals surface area contributed by atoms with Crippen molar-refractivity contribution in [1.82, 2.24) is 10.2 Å². The minimum Gasteiger partial charge on any atom is -0.390 e. The number of nitrogens with one attached hydrogen (secondary N) is 1. The van der Waals surface area contributed by atoms with Gasteiger partial charge in [0, 0.05) is 26.2 Å². The van der Waals surface area contributed by atoms with Gasteiger partial charge in [0.15, 0.2) is 17.5 Å². The molecule has 1 fully saturated rings. The summed E-state index contributed by atoms with van der Waals surface area (Å²) in [4.78, 5) is 1.32. The molecule has 0 radical (unpaired) electrons. The molecule has 1 aromatic carbocycles.